The van der Waals surface area contributed by atoms with Crippen LogP contribution in [0, 0.1) is 11.8 Å². The second-order valence-corrected chi connectivity index (χ2v) is 44.8. The molecule has 1 aliphatic rings. The van der Waals surface area contributed by atoms with Gasteiger partial charge in [0.2, 0.25) is 0 Å². The molecule has 0 bridgehead atoms. The topological polar surface area (TPSA) is 122 Å². The first kappa shape index (κ1) is 118. The molecule has 1 fully saturated rings. The van der Waals surface area contributed by atoms with Crippen LogP contribution in [0.5, 0.6) is 11.5 Å². The predicted molar refractivity (Wildman–Crippen MR) is 535 cm³/mol. The number of phenols is 2. The maximum atomic E-state index is 10.3. The summed E-state index contributed by atoms with van der Waals surface area (Å²) in [5.74, 6) is 2.18. The van der Waals surface area contributed by atoms with Gasteiger partial charge in [-0.25, -0.2) is 0 Å². The number of hydrogen-bond acceptors (Lipinski definition) is 18. The molecular weight excluding hydrogens is 1540 g/mol. The number of ether oxygens (including phenoxy) is 5. The molecule has 2 N–H and O–H groups in total. The SMILES string of the molecule is CC(C)(C)N(CCOCCOCCN(Cc1ccccc1)C(C)(C)C)Cc1ccccc1.CC(C)(C)N(Cc1ccccc1O)CC1CCC(CN(Cc2ccccc2O)C(C)(C)C)CC1.CCN(CCN(CC)C(C)(C)C)CCN(CC)C(C)(C)C.CN(CCOCCN(C)C(C)(C)C)C(C)(C)C.CN(CCOCCOCCN(C)C(C)(C)C)C(C)(C)C. The summed E-state index contributed by atoms with van der Waals surface area (Å²) >= 11 is 0. The Morgan fingerprint density at radius 2 is 0.484 bits per heavy atom. The summed E-state index contributed by atoms with van der Waals surface area (Å²) in [6.45, 7) is 101. The average molecular weight is 1740 g/mol. The number of rotatable bonds is 45. The van der Waals surface area contributed by atoms with E-state index in [0.717, 1.165) is 162 Å². The van der Waals surface area contributed by atoms with Gasteiger partial charge in [-0.3, -0.25) is 49.0 Å². The van der Waals surface area contributed by atoms with E-state index in [9.17, 15) is 10.2 Å². The fourth-order valence-electron chi connectivity index (χ4n) is 14.1. The lowest BCUT2D eigenvalue weighted by molar-refractivity contribution is 0.0102. The van der Waals surface area contributed by atoms with Gasteiger partial charge in [-0.15, -0.1) is 0 Å². The standard InChI is InChI=1S/C30H46N2O2.C28H44N2O2.C18H41N3.C16H36N2O2.C14H32N2O/c1-29(2,3)31(21-25-11-7-9-13-27(25)33)19-23-15-17-24(18-16-23)20-32(30(4,5)6)22-26-12-8-10-14-28(26)34;1-27(2,3)29(23-25-13-9-7-10-14-25)17-19-31-21-22-32-20-18-30(28(4,5)6)24-26-15-11-8-12-16-26;1-10-19(13-15-20(11-2)17(4,5)6)14-16-21(12-3)18(7,8)9;1-15(2,3)17(7)9-11-19-13-14-20-12-10-18(8)16(4,5)6;1-13(2,3)15(7)9-11-17-12-10-16(8)14(4,5)6/h7-14,23-24,33-34H,15-22H2,1-6H3;7-16H,17-24H2,1-6H3;10-16H2,1-9H3;9-14H2,1-8H3;9-12H2,1-8H3. The zero-order valence-corrected chi connectivity index (χ0v) is 87.7. The highest BCUT2D eigenvalue weighted by molar-refractivity contribution is 5.33. The lowest BCUT2D eigenvalue weighted by Gasteiger charge is -2.42. The van der Waals surface area contributed by atoms with Crippen LogP contribution in [0.15, 0.2) is 109 Å². The molecule has 1 saturated carbocycles. The Bertz CT molecular complexity index is 3070. The summed E-state index contributed by atoms with van der Waals surface area (Å²) in [5, 5.41) is 20.6. The first-order valence-electron chi connectivity index (χ1n) is 47.8. The molecule has 124 heavy (non-hydrogen) atoms. The maximum absolute atomic E-state index is 10.3. The van der Waals surface area contributed by atoms with Crippen LogP contribution < -0.4 is 0 Å². The van der Waals surface area contributed by atoms with E-state index in [-0.39, 0.29) is 55.4 Å². The molecule has 4 aromatic carbocycles. The lowest BCUT2D eigenvalue weighted by atomic mass is 9.80. The Labute approximate surface area is 766 Å². The van der Waals surface area contributed by atoms with E-state index in [1.807, 2.05) is 36.4 Å². The van der Waals surface area contributed by atoms with E-state index in [4.69, 9.17) is 23.7 Å². The number of hydrogen-bond donors (Lipinski definition) is 2. The van der Waals surface area contributed by atoms with E-state index >= 15 is 0 Å². The van der Waals surface area contributed by atoms with Crippen LogP contribution in [0.1, 0.15) is 276 Å². The van der Waals surface area contributed by atoms with Gasteiger partial charge < -0.3 is 38.8 Å². The van der Waals surface area contributed by atoms with E-state index in [1.54, 1.807) is 12.1 Å². The zero-order valence-electron chi connectivity index (χ0n) is 87.7. The smallest absolute Gasteiger partial charge is 0.120 e. The third-order valence-electron chi connectivity index (χ3n) is 25.0. The molecule has 0 radical (unpaired) electrons. The summed E-state index contributed by atoms with van der Waals surface area (Å²) in [6.07, 6.45) is 5.03. The van der Waals surface area contributed by atoms with Crippen LogP contribution in [0.4, 0.5) is 0 Å². The molecule has 0 heterocycles. The molecule has 4 aromatic rings. The fraction of sp³-hybridized carbons (Fsp3) is 0.774. The van der Waals surface area contributed by atoms with Crippen molar-refractivity contribution in [2.75, 3.05) is 192 Å². The molecular formula is C106H199N11O7. The second-order valence-electron chi connectivity index (χ2n) is 44.8. The number of benzene rings is 4. The van der Waals surface area contributed by atoms with Crippen LogP contribution in [0.2, 0.25) is 0 Å². The summed E-state index contributed by atoms with van der Waals surface area (Å²) < 4.78 is 28.6. The van der Waals surface area contributed by atoms with Crippen LogP contribution in [-0.4, -0.2) is 312 Å². The third-order valence-corrected chi connectivity index (χ3v) is 25.0. The van der Waals surface area contributed by atoms with Crippen molar-refractivity contribution in [2.45, 2.75) is 336 Å². The first-order valence-corrected chi connectivity index (χ1v) is 47.8. The van der Waals surface area contributed by atoms with Gasteiger partial charge >= 0.3 is 0 Å². The normalized spacial score (nSPS) is 15.0. The second kappa shape index (κ2) is 57.9. The Balaban J connectivity index is 0.000000797. The molecule has 0 saturated heterocycles. The minimum atomic E-state index is 0.0554. The van der Waals surface area contributed by atoms with Crippen LogP contribution in [-0.2, 0) is 49.9 Å². The molecule has 18 heteroatoms. The average Bonchev–Trinajstić information content (AvgIpc) is 0.829. The van der Waals surface area contributed by atoms with E-state index in [1.165, 1.54) is 49.9 Å². The van der Waals surface area contributed by atoms with Crippen molar-refractivity contribution in [1.82, 2.24) is 53.9 Å². The quantitative estimate of drug-likeness (QED) is 0.0408. The van der Waals surface area contributed by atoms with Crippen LogP contribution in [0.3, 0.4) is 0 Å². The molecule has 18 nitrogen and oxygen atoms in total. The molecule has 0 atom stereocenters. The van der Waals surface area contributed by atoms with Gasteiger partial charge in [-0.1, -0.05) is 118 Å². The molecule has 5 rings (SSSR count). The van der Waals surface area contributed by atoms with Gasteiger partial charge in [0.25, 0.3) is 0 Å². The third kappa shape index (κ3) is 53.2. The predicted octanol–water partition coefficient (Wildman–Crippen LogP) is 20.9. The minimum Gasteiger partial charge on any atom is -0.508 e. The maximum Gasteiger partial charge on any atom is 0.120 e. The largest absolute Gasteiger partial charge is 0.508 e. The monoisotopic (exact) mass is 1740 g/mol. The summed E-state index contributed by atoms with van der Waals surface area (Å²) in [6, 6.07) is 36.7. The number of likely N-dealkylation sites (N-methyl/N-ethyl adjacent to an activating group) is 7. The van der Waals surface area contributed by atoms with Crippen molar-refractivity contribution in [3.8, 4) is 11.5 Å². The summed E-state index contributed by atoms with van der Waals surface area (Å²) in [4.78, 5) is 27.0. The van der Waals surface area contributed by atoms with Gasteiger partial charge in [-0.2, -0.15) is 0 Å². The molecule has 0 aromatic heterocycles. The molecule has 0 aliphatic heterocycles. The highest BCUT2D eigenvalue weighted by Gasteiger charge is 2.33. The van der Waals surface area contributed by atoms with Gasteiger partial charge in [0, 0.05) is 171 Å². The van der Waals surface area contributed by atoms with Gasteiger partial charge in [0.05, 0.1) is 66.1 Å². The zero-order chi connectivity index (χ0) is 94.6. The van der Waals surface area contributed by atoms with Crippen molar-refractivity contribution in [3.63, 3.8) is 0 Å². The fourth-order valence-corrected chi connectivity index (χ4v) is 14.1. The van der Waals surface area contributed by atoms with Gasteiger partial charge in [0.15, 0.2) is 0 Å². The van der Waals surface area contributed by atoms with E-state index in [2.05, 4.69) is 371 Å². The Kier molecular flexibility index (Phi) is 55.0. The lowest BCUT2D eigenvalue weighted by Crippen LogP contribution is -2.48. The van der Waals surface area contributed by atoms with Crippen LogP contribution in [0.25, 0.3) is 0 Å². The summed E-state index contributed by atoms with van der Waals surface area (Å²) in [7, 11) is 8.54. The molecule has 0 amide bonds. The van der Waals surface area contributed by atoms with Crippen LogP contribution >= 0.6 is 0 Å². The van der Waals surface area contributed by atoms with Crippen molar-refractivity contribution in [1.29, 1.82) is 0 Å². The highest BCUT2D eigenvalue weighted by atomic mass is 16.5. The minimum absolute atomic E-state index is 0.0554. The highest BCUT2D eigenvalue weighted by Crippen LogP contribution is 2.35. The number of aromatic hydroxyl groups is 2. The molecule has 0 spiro atoms. The van der Waals surface area contributed by atoms with E-state index < -0.39 is 0 Å². The number of para-hydroxylation sites is 2. The molecule has 720 valence electrons. The Hall–Kier alpha value is -4.16. The Morgan fingerprint density at radius 1 is 0.250 bits per heavy atom. The van der Waals surface area contributed by atoms with E-state index in [0.29, 0.717) is 49.8 Å². The Morgan fingerprint density at radius 3 is 0.710 bits per heavy atom. The van der Waals surface area contributed by atoms with Gasteiger partial charge in [-0.05, 0) is 316 Å². The van der Waals surface area contributed by atoms with Crippen molar-refractivity contribution in [2.24, 2.45) is 11.8 Å². The molecule has 1 aliphatic carbocycles. The number of nitrogens with zero attached hydrogens (tertiary/aromatic N) is 11. The van der Waals surface area contributed by atoms with Crippen molar-refractivity contribution in [3.05, 3.63) is 131 Å². The first-order chi connectivity index (χ1) is 57.2. The number of phenolic OH excluding ortho intramolecular Hbond substituents is 2. The molecule has 0 unspecified atom stereocenters. The summed E-state index contributed by atoms with van der Waals surface area (Å²) in [5.41, 5.74) is 6.42. The van der Waals surface area contributed by atoms with Crippen molar-refractivity contribution < 1.29 is 33.9 Å². The van der Waals surface area contributed by atoms with Crippen molar-refractivity contribution >= 4 is 0 Å². The van der Waals surface area contributed by atoms with Gasteiger partial charge in [0.1, 0.15) is 11.5 Å².